The van der Waals surface area contributed by atoms with E-state index >= 15 is 0 Å². The molecular formula is C32H37FO5. The highest BCUT2D eigenvalue weighted by Gasteiger charge is 2.54. The average Bonchev–Trinajstić information content (AvgIpc) is 3.68. The second-order valence-electron chi connectivity index (χ2n) is 10.6. The summed E-state index contributed by atoms with van der Waals surface area (Å²) in [6.07, 6.45) is 3.89. The third-order valence-corrected chi connectivity index (χ3v) is 7.84. The van der Waals surface area contributed by atoms with E-state index in [2.05, 4.69) is 0 Å². The predicted molar refractivity (Wildman–Crippen MR) is 145 cm³/mol. The van der Waals surface area contributed by atoms with E-state index in [-0.39, 0.29) is 34.6 Å². The van der Waals surface area contributed by atoms with Crippen molar-refractivity contribution in [3.8, 4) is 11.5 Å². The smallest absolute Gasteiger partial charge is 0.183 e. The van der Waals surface area contributed by atoms with Crippen LogP contribution in [0, 0.1) is 24.1 Å². The van der Waals surface area contributed by atoms with E-state index in [0.29, 0.717) is 62.0 Å². The van der Waals surface area contributed by atoms with E-state index in [1.807, 2.05) is 45.9 Å². The van der Waals surface area contributed by atoms with Gasteiger partial charge in [0, 0.05) is 11.5 Å². The Labute approximate surface area is 224 Å². The molecule has 2 unspecified atom stereocenters. The molecule has 0 aromatic heterocycles. The van der Waals surface area contributed by atoms with E-state index in [1.165, 1.54) is 12.1 Å². The van der Waals surface area contributed by atoms with Crippen molar-refractivity contribution in [2.24, 2.45) is 11.3 Å². The normalized spacial score (nSPS) is 20.6. The molecule has 2 aliphatic carbocycles. The number of aryl methyl sites for hydroxylation is 1. The van der Waals surface area contributed by atoms with Gasteiger partial charge in [-0.1, -0.05) is 46.1 Å². The van der Waals surface area contributed by atoms with Gasteiger partial charge in [0.1, 0.15) is 34.4 Å². The number of carbonyl (C=O) groups excluding carboxylic acids is 2. The summed E-state index contributed by atoms with van der Waals surface area (Å²) in [5, 5.41) is 22.3. The lowest BCUT2D eigenvalue weighted by Gasteiger charge is -2.37. The third kappa shape index (κ3) is 5.01. The van der Waals surface area contributed by atoms with Crippen LogP contribution in [-0.2, 0) is 9.59 Å². The fourth-order valence-electron chi connectivity index (χ4n) is 5.94. The molecule has 1 fully saturated rings. The molecule has 2 aromatic carbocycles. The van der Waals surface area contributed by atoms with Crippen LogP contribution in [0.5, 0.6) is 11.5 Å². The lowest BCUT2D eigenvalue weighted by molar-refractivity contribution is -0.129. The van der Waals surface area contributed by atoms with E-state index in [1.54, 1.807) is 12.1 Å². The molecule has 1 saturated carbocycles. The number of Topliss-reactive ketones (excluding diaryl/α,β-unsaturated/α-hetero) is 2. The van der Waals surface area contributed by atoms with Crippen LogP contribution in [0.2, 0.25) is 0 Å². The first kappa shape index (κ1) is 27.6. The molecule has 4 rings (SSSR count). The van der Waals surface area contributed by atoms with Crippen molar-refractivity contribution in [1.29, 1.82) is 0 Å². The van der Waals surface area contributed by atoms with Crippen molar-refractivity contribution in [3.05, 3.63) is 82.1 Å². The molecule has 202 valence electrons. The Balaban J connectivity index is 1.60. The molecule has 2 N–H and O–H groups in total. The Morgan fingerprint density at radius 2 is 1.63 bits per heavy atom. The molecule has 0 aliphatic heterocycles. The molecule has 2 aromatic rings. The van der Waals surface area contributed by atoms with Gasteiger partial charge in [-0.2, -0.15) is 0 Å². The first-order valence-corrected chi connectivity index (χ1v) is 13.7. The monoisotopic (exact) mass is 520 g/mol. The van der Waals surface area contributed by atoms with Crippen LogP contribution in [0.4, 0.5) is 4.39 Å². The maximum atomic E-state index is 13.8. The van der Waals surface area contributed by atoms with Crippen molar-refractivity contribution in [2.75, 3.05) is 0 Å². The van der Waals surface area contributed by atoms with Gasteiger partial charge in [0.25, 0.3) is 0 Å². The number of rotatable bonds is 11. The summed E-state index contributed by atoms with van der Waals surface area (Å²) in [7, 11) is 0. The summed E-state index contributed by atoms with van der Waals surface area (Å²) in [6.45, 7) is 7.80. The van der Waals surface area contributed by atoms with Gasteiger partial charge >= 0.3 is 0 Å². The summed E-state index contributed by atoms with van der Waals surface area (Å²) in [6, 6.07) is 11.4. The third-order valence-electron chi connectivity index (χ3n) is 7.84. The van der Waals surface area contributed by atoms with Gasteiger partial charge in [-0.25, -0.2) is 4.39 Å². The van der Waals surface area contributed by atoms with Gasteiger partial charge in [0.05, 0.1) is 5.41 Å². The number of halogens is 1. The van der Waals surface area contributed by atoms with Crippen LogP contribution in [0.25, 0.3) is 0 Å². The molecule has 0 heterocycles. The Kier molecular flexibility index (Phi) is 8.10. The first-order valence-electron chi connectivity index (χ1n) is 13.7. The van der Waals surface area contributed by atoms with E-state index in [4.69, 9.17) is 4.74 Å². The zero-order valence-corrected chi connectivity index (χ0v) is 22.6. The van der Waals surface area contributed by atoms with Crippen LogP contribution >= 0.6 is 0 Å². The molecule has 0 amide bonds. The van der Waals surface area contributed by atoms with Crippen molar-refractivity contribution in [1.82, 2.24) is 0 Å². The summed E-state index contributed by atoms with van der Waals surface area (Å²) < 4.78 is 19.0. The number of carbonyl (C=O) groups is 2. The highest BCUT2D eigenvalue weighted by Crippen LogP contribution is 2.53. The molecule has 5 nitrogen and oxygen atoms in total. The number of ketones is 2. The molecule has 38 heavy (non-hydrogen) atoms. The quantitative estimate of drug-likeness (QED) is 0.292. The summed E-state index contributed by atoms with van der Waals surface area (Å²) in [5.74, 6) is -0.822. The largest absolute Gasteiger partial charge is 0.511 e. The molecule has 0 bridgehead atoms. The molecule has 0 spiro atoms. The number of benzene rings is 2. The number of ether oxygens (including phenoxy) is 1. The summed E-state index contributed by atoms with van der Waals surface area (Å²) in [4.78, 5) is 27.6. The highest BCUT2D eigenvalue weighted by atomic mass is 19.1. The second-order valence-corrected chi connectivity index (χ2v) is 10.6. The molecule has 2 atom stereocenters. The number of hydrogen-bond donors (Lipinski definition) is 2. The van der Waals surface area contributed by atoms with Gasteiger partial charge in [0.15, 0.2) is 11.6 Å². The maximum absolute atomic E-state index is 13.8. The van der Waals surface area contributed by atoms with Gasteiger partial charge < -0.3 is 14.9 Å². The van der Waals surface area contributed by atoms with Crippen LogP contribution in [0.15, 0.2) is 65.1 Å². The van der Waals surface area contributed by atoms with Crippen molar-refractivity contribution >= 4 is 11.6 Å². The Morgan fingerprint density at radius 3 is 2.21 bits per heavy atom. The minimum atomic E-state index is -1.15. The zero-order valence-electron chi connectivity index (χ0n) is 22.6. The van der Waals surface area contributed by atoms with Crippen molar-refractivity contribution < 1.29 is 28.9 Å². The molecule has 6 heteroatoms. The number of aliphatic hydroxyl groups excluding tert-OH is 2. The average molecular weight is 521 g/mol. The molecule has 0 radical (unpaired) electrons. The topological polar surface area (TPSA) is 83.8 Å². The molecular weight excluding hydrogens is 483 g/mol. The van der Waals surface area contributed by atoms with Crippen LogP contribution in [0.1, 0.15) is 82.8 Å². The number of allylic oxidation sites excluding steroid dienone is 3. The minimum absolute atomic E-state index is 0.0537. The van der Waals surface area contributed by atoms with Gasteiger partial charge in [0.2, 0.25) is 0 Å². The van der Waals surface area contributed by atoms with Crippen LogP contribution < -0.4 is 4.74 Å². The van der Waals surface area contributed by atoms with Gasteiger partial charge in [-0.15, -0.1) is 0 Å². The minimum Gasteiger partial charge on any atom is -0.511 e. The fourth-order valence-corrected chi connectivity index (χ4v) is 5.94. The fraction of sp³-hybridized carbons (Fsp3) is 0.438. The molecule has 0 saturated heterocycles. The maximum Gasteiger partial charge on any atom is 0.183 e. The number of hydrogen-bond acceptors (Lipinski definition) is 5. The van der Waals surface area contributed by atoms with E-state index in [0.717, 1.165) is 11.1 Å². The molecule has 2 aliphatic rings. The Bertz CT molecular complexity index is 1280. The predicted octanol–water partition coefficient (Wildman–Crippen LogP) is 8.19. The lowest BCUT2D eigenvalue weighted by atomic mass is 9.66. The Morgan fingerprint density at radius 1 is 1.00 bits per heavy atom. The van der Waals surface area contributed by atoms with Crippen LogP contribution in [-0.4, -0.2) is 21.8 Å². The van der Waals surface area contributed by atoms with Gasteiger partial charge in [-0.3, -0.25) is 9.59 Å². The Hall–Kier alpha value is -3.41. The van der Waals surface area contributed by atoms with Crippen molar-refractivity contribution in [3.63, 3.8) is 0 Å². The SMILES string of the molecule is CCCC1=C(O)C(CCC)(CCC)C(=O)C(C(=O)C2CC2c2ccc(Oc3ccc(F)cc3)cc2C)=C1O. The highest BCUT2D eigenvalue weighted by molar-refractivity contribution is 6.25. The van der Waals surface area contributed by atoms with Crippen LogP contribution in [0.3, 0.4) is 0 Å². The second kappa shape index (κ2) is 11.1. The number of aliphatic hydroxyl groups is 2. The summed E-state index contributed by atoms with van der Waals surface area (Å²) >= 11 is 0. The zero-order chi connectivity index (χ0) is 27.6. The standard InChI is InChI=1S/C32H37FO5/c1-5-8-24-28(34)27(31(37)32(15-6-2,16-7-3)30(24)36)29(35)26-18-25(26)23-14-13-22(17-19(23)4)38-21-11-9-20(33)10-12-21/h9-14,17,25-26,34,36H,5-8,15-16,18H2,1-4H3. The summed E-state index contributed by atoms with van der Waals surface area (Å²) in [5.41, 5.74) is 1.01. The first-order chi connectivity index (χ1) is 18.2. The lowest BCUT2D eigenvalue weighted by Crippen LogP contribution is -2.41. The van der Waals surface area contributed by atoms with Crippen molar-refractivity contribution in [2.45, 2.75) is 78.6 Å². The van der Waals surface area contributed by atoms with Gasteiger partial charge in [-0.05, 0) is 86.1 Å². The van der Waals surface area contributed by atoms with E-state index < -0.39 is 17.1 Å². The van der Waals surface area contributed by atoms with E-state index in [9.17, 15) is 24.2 Å².